The Morgan fingerprint density at radius 3 is 3.00 bits per heavy atom. The Morgan fingerprint density at radius 2 is 2.36 bits per heavy atom. The maximum Gasteiger partial charge on any atom is 0.212 e. The Hall–Kier alpha value is -1.81. The van der Waals surface area contributed by atoms with E-state index in [4.69, 9.17) is 10.5 Å². The lowest BCUT2D eigenvalue weighted by Crippen LogP contribution is -1.98. The Kier molecular flexibility index (Phi) is 2.24. The molecular formula is C7H6N4. The van der Waals surface area contributed by atoms with E-state index >= 15 is 0 Å². The van der Waals surface area contributed by atoms with Crippen LogP contribution in [0.1, 0.15) is 12.2 Å². The second kappa shape index (κ2) is 3.38. The number of rotatable bonds is 2. The molecule has 0 N–H and O–H groups in total. The van der Waals surface area contributed by atoms with E-state index in [1.165, 1.54) is 0 Å². The molecule has 0 saturated carbocycles. The molecule has 0 aromatic carbocycles. The van der Waals surface area contributed by atoms with Gasteiger partial charge in [-0.3, -0.25) is 0 Å². The molecule has 0 radical (unpaired) electrons. The third kappa shape index (κ3) is 1.56. The van der Waals surface area contributed by atoms with Crippen molar-refractivity contribution in [3.63, 3.8) is 0 Å². The summed E-state index contributed by atoms with van der Waals surface area (Å²) in [6.07, 6.45) is 3.65. The number of nitrogens with zero attached hydrogens (tertiary/aromatic N) is 4. The molecule has 54 valence electrons. The molecule has 0 saturated heterocycles. The summed E-state index contributed by atoms with van der Waals surface area (Å²) in [7, 11) is 0. The molecule has 1 rings (SSSR count). The van der Waals surface area contributed by atoms with Crippen LogP contribution >= 0.6 is 0 Å². The molecule has 0 aliphatic carbocycles. The number of hydrogen-bond donors (Lipinski definition) is 0. The van der Waals surface area contributed by atoms with Gasteiger partial charge in [0.05, 0.1) is 12.5 Å². The van der Waals surface area contributed by atoms with E-state index in [0.29, 0.717) is 18.8 Å². The molecule has 4 nitrogen and oxygen atoms in total. The zero-order valence-corrected chi connectivity index (χ0v) is 5.86. The SMILES string of the molecule is N#CCCn1ccnc1C#N. The number of hydrogen-bond acceptors (Lipinski definition) is 3. The van der Waals surface area contributed by atoms with Crippen LogP contribution in [0.15, 0.2) is 12.4 Å². The van der Waals surface area contributed by atoms with Gasteiger partial charge in [0, 0.05) is 18.9 Å². The van der Waals surface area contributed by atoms with Gasteiger partial charge in [0.15, 0.2) is 0 Å². The molecule has 11 heavy (non-hydrogen) atoms. The van der Waals surface area contributed by atoms with Gasteiger partial charge in [-0.25, -0.2) is 4.98 Å². The van der Waals surface area contributed by atoms with Crippen molar-refractivity contribution in [3.05, 3.63) is 18.2 Å². The van der Waals surface area contributed by atoms with E-state index in [1.54, 1.807) is 17.0 Å². The first-order chi connectivity index (χ1) is 5.38. The van der Waals surface area contributed by atoms with Gasteiger partial charge in [0.25, 0.3) is 0 Å². The van der Waals surface area contributed by atoms with Crippen molar-refractivity contribution in [1.82, 2.24) is 9.55 Å². The molecule has 0 spiro atoms. The van der Waals surface area contributed by atoms with E-state index < -0.39 is 0 Å². The molecule has 0 unspecified atom stereocenters. The fraction of sp³-hybridized carbons (Fsp3) is 0.286. The van der Waals surface area contributed by atoms with Gasteiger partial charge >= 0.3 is 0 Å². The van der Waals surface area contributed by atoms with Crippen LogP contribution < -0.4 is 0 Å². The summed E-state index contributed by atoms with van der Waals surface area (Å²) in [5, 5.41) is 16.8. The Balaban J connectivity index is 2.72. The third-order valence-electron chi connectivity index (χ3n) is 1.28. The van der Waals surface area contributed by atoms with Crippen LogP contribution in [0.4, 0.5) is 0 Å². The van der Waals surface area contributed by atoms with Crippen LogP contribution in [0.5, 0.6) is 0 Å². The predicted molar refractivity (Wildman–Crippen MR) is 37.2 cm³/mol. The van der Waals surface area contributed by atoms with Crippen molar-refractivity contribution >= 4 is 0 Å². The summed E-state index contributed by atoms with van der Waals surface area (Å²) in [6.45, 7) is 0.541. The average molecular weight is 146 g/mol. The second-order valence-corrected chi connectivity index (χ2v) is 1.96. The molecule has 1 heterocycles. The highest BCUT2D eigenvalue weighted by Crippen LogP contribution is 1.96. The summed E-state index contributed by atoms with van der Waals surface area (Å²) >= 11 is 0. The molecule has 4 heteroatoms. The van der Waals surface area contributed by atoms with Crippen LogP contribution in [-0.2, 0) is 6.54 Å². The van der Waals surface area contributed by atoms with E-state index in [-0.39, 0.29) is 0 Å². The quantitative estimate of drug-likeness (QED) is 0.615. The van der Waals surface area contributed by atoms with Crippen molar-refractivity contribution in [2.75, 3.05) is 0 Å². The van der Waals surface area contributed by atoms with Crippen LogP contribution in [0.2, 0.25) is 0 Å². The first-order valence-corrected chi connectivity index (χ1v) is 3.16. The summed E-state index contributed by atoms with van der Waals surface area (Å²) in [6, 6.07) is 3.93. The predicted octanol–water partition coefficient (Wildman–Crippen LogP) is 0.668. The first-order valence-electron chi connectivity index (χ1n) is 3.16. The van der Waals surface area contributed by atoms with Gasteiger partial charge < -0.3 is 4.57 Å². The molecule has 1 aromatic rings. The average Bonchev–Trinajstić information content (AvgIpc) is 2.47. The lowest BCUT2D eigenvalue weighted by atomic mass is 10.4. The van der Waals surface area contributed by atoms with E-state index in [9.17, 15) is 0 Å². The van der Waals surface area contributed by atoms with Crippen LogP contribution in [0, 0.1) is 22.7 Å². The molecular weight excluding hydrogens is 140 g/mol. The molecule has 0 amide bonds. The highest BCUT2D eigenvalue weighted by molar-refractivity contribution is 5.11. The lowest BCUT2D eigenvalue weighted by molar-refractivity contribution is 0.704. The maximum atomic E-state index is 8.49. The fourth-order valence-corrected chi connectivity index (χ4v) is 0.773. The van der Waals surface area contributed by atoms with Gasteiger partial charge in [-0.05, 0) is 0 Å². The molecule has 1 aromatic heterocycles. The van der Waals surface area contributed by atoms with E-state index in [0.717, 1.165) is 0 Å². The van der Waals surface area contributed by atoms with Crippen LogP contribution in [0.25, 0.3) is 0 Å². The van der Waals surface area contributed by atoms with E-state index in [2.05, 4.69) is 4.98 Å². The van der Waals surface area contributed by atoms with Gasteiger partial charge in [0.1, 0.15) is 6.07 Å². The summed E-state index contributed by atoms with van der Waals surface area (Å²) < 4.78 is 1.66. The number of imidazole rings is 1. The number of aryl methyl sites for hydroxylation is 1. The first kappa shape index (κ1) is 7.30. The smallest absolute Gasteiger partial charge is 0.212 e. The maximum absolute atomic E-state index is 8.49. The minimum atomic E-state index is 0.361. The van der Waals surface area contributed by atoms with Gasteiger partial charge in [-0.15, -0.1) is 0 Å². The molecule has 0 aliphatic heterocycles. The summed E-state index contributed by atoms with van der Waals surface area (Å²) in [4.78, 5) is 3.78. The van der Waals surface area contributed by atoms with Crippen molar-refractivity contribution in [1.29, 1.82) is 10.5 Å². The fourth-order valence-electron chi connectivity index (χ4n) is 0.773. The van der Waals surface area contributed by atoms with Crippen LogP contribution in [-0.4, -0.2) is 9.55 Å². The molecule has 0 fully saturated rings. The van der Waals surface area contributed by atoms with Gasteiger partial charge in [-0.2, -0.15) is 10.5 Å². The Morgan fingerprint density at radius 1 is 1.55 bits per heavy atom. The Labute approximate surface area is 64.3 Å². The van der Waals surface area contributed by atoms with Crippen molar-refractivity contribution in [2.24, 2.45) is 0 Å². The molecule has 0 bridgehead atoms. The normalized spacial score (nSPS) is 8.55. The van der Waals surface area contributed by atoms with Gasteiger partial charge in [0.2, 0.25) is 5.82 Å². The minimum Gasteiger partial charge on any atom is -0.322 e. The van der Waals surface area contributed by atoms with Crippen molar-refractivity contribution in [3.8, 4) is 12.1 Å². The van der Waals surface area contributed by atoms with E-state index in [1.807, 2.05) is 12.1 Å². The van der Waals surface area contributed by atoms with Crippen molar-refractivity contribution < 1.29 is 0 Å². The highest BCUT2D eigenvalue weighted by atomic mass is 15.1. The summed E-state index contributed by atoms with van der Waals surface area (Å²) in [5.41, 5.74) is 0. The van der Waals surface area contributed by atoms with Crippen LogP contribution in [0.3, 0.4) is 0 Å². The zero-order valence-electron chi connectivity index (χ0n) is 5.86. The second-order valence-electron chi connectivity index (χ2n) is 1.96. The summed E-state index contributed by atoms with van der Waals surface area (Å²) in [5.74, 6) is 0.361. The minimum absolute atomic E-state index is 0.361. The number of aromatic nitrogens is 2. The van der Waals surface area contributed by atoms with Gasteiger partial charge in [-0.1, -0.05) is 0 Å². The third-order valence-corrected chi connectivity index (χ3v) is 1.28. The Bertz CT molecular complexity index is 312. The standard InChI is InChI=1S/C7H6N4/c8-2-1-4-11-5-3-10-7(11)6-9/h3,5H,1,4H2. The lowest BCUT2D eigenvalue weighted by Gasteiger charge is -1.96. The highest BCUT2D eigenvalue weighted by Gasteiger charge is 1.98. The molecule has 0 aliphatic rings. The number of nitriles is 2. The largest absolute Gasteiger partial charge is 0.322 e. The molecule has 0 atom stereocenters. The monoisotopic (exact) mass is 146 g/mol. The zero-order chi connectivity index (χ0) is 8.10. The topological polar surface area (TPSA) is 65.4 Å². The van der Waals surface area contributed by atoms with Crippen molar-refractivity contribution in [2.45, 2.75) is 13.0 Å².